The van der Waals surface area contributed by atoms with Crippen LogP contribution in [0.4, 0.5) is 0 Å². The van der Waals surface area contributed by atoms with Crippen molar-refractivity contribution in [1.29, 1.82) is 0 Å². The summed E-state index contributed by atoms with van der Waals surface area (Å²) in [4.78, 5) is 30.2. The highest BCUT2D eigenvalue weighted by atomic mass is 16.5. The number of carbonyl (C=O) groups excluding carboxylic acids is 2. The number of fused-ring (bicyclic) bond motifs is 1. The van der Waals surface area contributed by atoms with Gasteiger partial charge in [-0.2, -0.15) is 0 Å². The van der Waals surface area contributed by atoms with Crippen LogP contribution in [0.2, 0.25) is 0 Å². The molecule has 0 N–H and O–H groups in total. The Labute approximate surface area is 181 Å². The van der Waals surface area contributed by atoms with Gasteiger partial charge in [-0.1, -0.05) is 35.5 Å². The summed E-state index contributed by atoms with van der Waals surface area (Å²) in [7, 11) is 1.73. The monoisotopic (exact) mass is 421 g/mol. The molecule has 3 aliphatic rings. The van der Waals surface area contributed by atoms with E-state index in [1.807, 2.05) is 30.0 Å². The molecule has 0 unspecified atom stereocenters. The second-order valence-corrected chi connectivity index (χ2v) is 9.14. The Morgan fingerprint density at radius 2 is 2.06 bits per heavy atom. The van der Waals surface area contributed by atoms with Gasteiger partial charge in [0.2, 0.25) is 11.8 Å². The summed E-state index contributed by atoms with van der Waals surface area (Å²) >= 11 is 0. The quantitative estimate of drug-likeness (QED) is 0.694. The van der Waals surface area contributed by atoms with Crippen molar-refractivity contribution in [3.05, 3.63) is 64.6 Å². The van der Waals surface area contributed by atoms with Gasteiger partial charge < -0.3 is 19.1 Å². The zero-order valence-electron chi connectivity index (χ0n) is 18.3. The van der Waals surface area contributed by atoms with Crippen LogP contribution in [0.1, 0.15) is 28.1 Å². The predicted octanol–water partition coefficient (Wildman–Crippen LogP) is 2.54. The van der Waals surface area contributed by atoms with E-state index in [9.17, 15) is 9.59 Å². The molecule has 2 fully saturated rings. The van der Waals surface area contributed by atoms with Gasteiger partial charge in [-0.15, -0.1) is 0 Å². The molecule has 4 heterocycles. The maximum absolute atomic E-state index is 13.4. The molecule has 3 aliphatic heterocycles. The fourth-order valence-corrected chi connectivity index (χ4v) is 5.17. The first-order chi connectivity index (χ1) is 14.8. The van der Waals surface area contributed by atoms with Crippen molar-refractivity contribution in [2.24, 2.45) is 11.8 Å². The Morgan fingerprint density at radius 3 is 2.77 bits per heavy atom. The normalized spacial score (nSPS) is 28.5. The average molecular weight is 421 g/mol. The summed E-state index contributed by atoms with van der Waals surface area (Å²) in [6, 6.07) is 8.08. The van der Waals surface area contributed by atoms with Crippen LogP contribution in [0.5, 0.6) is 0 Å². The van der Waals surface area contributed by atoms with E-state index in [4.69, 9.17) is 9.26 Å². The third-order valence-corrected chi connectivity index (χ3v) is 6.85. The lowest BCUT2D eigenvalue weighted by Crippen LogP contribution is -2.44. The maximum Gasteiger partial charge on any atom is 0.230 e. The minimum absolute atomic E-state index is 0.00709. The van der Waals surface area contributed by atoms with Gasteiger partial charge in [-0.3, -0.25) is 9.59 Å². The number of carbonyl (C=O) groups is 2. The van der Waals surface area contributed by atoms with Crippen molar-refractivity contribution in [3.63, 3.8) is 0 Å². The van der Waals surface area contributed by atoms with Crippen LogP contribution >= 0.6 is 0 Å². The summed E-state index contributed by atoms with van der Waals surface area (Å²) in [6.07, 6.45) is 3.58. The Balaban J connectivity index is 1.35. The fraction of sp³-hybridized carbons (Fsp3) is 0.458. The van der Waals surface area contributed by atoms with E-state index < -0.39 is 17.4 Å². The van der Waals surface area contributed by atoms with Crippen molar-refractivity contribution >= 4 is 11.8 Å². The number of amides is 2. The van der Waals surface area contributed by atoms with E-state index in [0.717, 1.165) is 11.3 Å². The minimum atomic E-state index is -0.703. The van der Waals surface area contributed by atoms with Crippen molar-refractivity contribution < 1.29 is 18.8 Å². The second kappa shape index (κ2) is 7.05. The standard InChI is InChI=1S/C24H27N3O4/c1-14-5-6-17(9-15(14)2)11-27-13-24-8-7-19(30-24)20(21(24)23(27)29)22(28)26(4)12-18-10-16(3)25-31-18/h5-10,19-21H,11-13H2,1-4H3/t19-,20-,21-,24-/m0/s1. The van der Waals surface area contributed by atoms with Crippen LogP contribution in [-0.4, -0.2) is 52.1 Å². The first-order valence-corrected chi connectivity index (χ1v) is 10.7. The van der Waals surface area contributed by atoms with Crippen molar-refractivity contribution in [3.8, 4) is 0 Å². The molecule has 0 saturated carbocycles. The summed E-state index contributed by atoms with van der Waals surface area (Å²) in [5.41, 5.74) is 3.59. The first-order valence-electron chi connectivity index (χ1n) is 10.7. The number of ether oxygens (including phenoxy) is 1. The molecular weight excluding hydrogens is 394 g/mol. The molecule has 2 amide bonds. The molecular formula is C24H27N3O4. The van der Waals surface area contributed by atoms with Gasteiger partial charge in [0, 0.05) is 19.7 Å². The molecule has 31 heavy (non-hydrogen) atoms. The molecule has 162 valence electrons. The lowest BCUT2D eigenvalue weighted by molar-refractivity contribution is -0.143. The highest BCUT2D eigenvalue weighted by Gasteiger charge is 2.67. The molecule has 4 atom stereocenters. The molecule has 0 aliphatic carbocycles. The zero-order valence-corrected chi connectivity index (χ0v) is 18.3. The number of aryl methyl sites for hydroxylation is 3. The van der Waals surface area contributed by atoms with Crippen molar-refractivity contribution in [1.82, 2.24) is 15.0 Å². The summed E-state index contributed by atoms with van der Waals surface area (Å²) < 4.78 is 11.5. The largest absolute Gasteiger partial charge is 0.360 e. The van der Waals surface area contributed by atoms with Gasteiger partial charge in [-0.25, -0.2) is 0 Å². The summed E-state index contributed by atoms with van der Waals surface area (Å²) in [6.45, 7) is 7.31. The molecule has 2 bridgehead atoms. The topological polar surface area (TPSA) is 75.9 Å². The van der Waals surface area contributed by atoms with Crippen molar-refractivity contribution in [2.75, 3.05) is 13.6 Å². The van der Waals surface area contributed by atoms with Crippen LogP contribution in [0, 0.1) is 32.6 Å². The SMILES string of the molecule is Cc1cc(CN(C)C(=O)[C@H]2[C@@H]3C=C[C@@]4(CN(Cc5ccc(C)c(C)c5)C(=O)[C@H]24)O3)on1. The van der Waals surface area contributed by atoms with Gasteiger partial charge in [-0.05, 0) is 37.5 Å². The molecule has 7 nitrogen and oxygen atoms in total. The van der Waals surface area contributed by atoms with E-state index in [0.29, 0.717) is 25.4 Å². The molecule has 0 radical (unpaired) electrons. The number of hydrogen-bond acceptors (Lipinski definition) is 5. The number of aromatic nitrogens is 1. The van der Waals surface area contributed by atoms with Crippen LogP contribution in [0.15, 0.2) is 40.9 Å². The number of benzene rings is 1. The highest BCUT2D eigenvalue weighted by Crippen LogP contribution is 2.52. The Hall–Kier alpha value is -2.93. The van der Waals surface area contributed by atoms with E-state index in [1.54, 1.807) is 11.9 Å². The number of hydrogen-bond donors (Lipinski definition) is 0. The summed E-state index contributed by atoms with van der Waals surface area (Å²) in [5.74, 6) is -0.488. The van der Waals surface area contributed by atoms with E-state index in [-0.39, 0.29) is 17.9 Å². The second-order valence-electron chi connectivity index (χ2n) is 9.14. The Bertz CT molecular complexity index is 1090. The lowest BCUT2D eigenvalue weighted by atomic mass is 9.76. The van der Waals surface area contributed by atoms with E-state index >= 15 is 0 Å². The lowest BCUT2D eigenvalue weighted by Gasteiger charge is -2.27. The zero-order chi connectivity index (χ0) is 21.9. The van der Waals surface area contributed by atoms with Gasteiger partial charge in [0.1, 0.15) is 5.60 Å². The number of rotatable bonds is 5. The van der Waals surface area contributed by atoms with Gasteiger partial charge in [0.05, 0.1) is 36.7 Å². The fourth-order valence-electron chi connectivity index (χ4n) is 5.17. The number of nitrogens with zero attached hydrogens (tertiary/aromatic N) is 3. The molecule has 2 aromatic rings. The molecule has 7 heteroatoms. The van der Waals surface area contributed by atoms with Gasteiger partial charge in [0.25, 0.3) is 0 Å². The molecule has 1 aromatic carbocycles. The van der Waals surface area contributed by atoms with Gasteiger partial charge >= 0.3 is 0 Å². The van der Waals surface area contributed by atoms with Crippen LogP contribution in [0.3, 0.4) is 0 Å². The highest BCUT2D eigenvalue weighted by molar-refractivity contribution is 5.93. The van der Waals surface area contributed by atoms with Crippen LogP contribution < -0.4 is 0 Å². The summed E-state index contributed by atoms with van der Waals surface area (Å²) in [5, 5.41) is 3.88. The predicted molar refractivity (Wildman–Crippen MR) is 113 cm³/mol. The van der Waals surface area contributed by atoms with E-state index in [2.05, 4.69) is 37.2 Å². The van der Waals surface area contributed by atoms with Crippen molar-refractivity contribution in [2.45, 2.75) is 45.6 Å². The van der Waals surface area contributed by atoms with E-state index in [1.165, 1.54) is 11.1 Å². The third-order valence-electron chi connectivity index (χ3n) is 6.85. The Kier molecular flexibility index (Phi) is 4.55. The Morgan fingerprint density at radius 1 is 1.26 bits per heavy atom. The van der Waals surface area contributed by atoms with Crippen LogP contribution in [0.25, 0.3) is 0 Å². The smallest absolute Gasteiger partial charge is 0.230 e. The first kappa shape index (κ1) is 20.0. The maximum atomic E-state index is 13.4. The molecule has 1 aromatic heterocycles. The van der Waals surface area contributed by atoms with Crippen LogP contribution in [-0.2, 0) is 27.4 Å². The molecule has 5 rings (SSSR count). The minimum Gasteiger partial charge on any atom is -0.360 e. The average Bonchev–Trinajstić information content (AvgIpc) is 3.46. The number of likely N-dealkylation sites (tertiary alicyclic amines) is 1. The van der Waals surface area contributed by atoms with Gasteiger partial charge in [0.15, 0.2) is 5.76 Å². The molecule has 1 spiro atoms. The third kappa shape index (κ3) is 3.19. The molecule has 2 saturated heterocycles.